The molecule has 3 atom stereocenters. The predicted octanol–water partition coefficient (Wildman–Crippen LogP) is 0.103. The fraction of sp³-hybridized carbons (Fsp3) is 0.875. The van der Waals surface area contributed by atoms with E-state index in [0.29, 0.717) is 6.54 Å². The summed E-state index contributed by atoms with van der Waals surface area (Å²) in [5, 5.41) is 19.1. The summed E-state index contributed by atoms with van der Waals surface area (Å²) in [6, 6.07) is 1.39. The van der Waals surface area contributed by atoms with Crippen LogP contribution in [0.5, 0.6) is 0 Å². The Labute approximate surface area is 76.4 Å². The van der Waals surface area contributed by atoms with E-state index in [1.807, 2.05) is 19.9 Å². The standard InChI is InChI=1S/C8H12N2O3/c1-8(2)12-6-4-10(11)5(3-9)7(6)13-8/h5-7,11H,4H2,1-2H3/t5-,6-,7+/m1/s1. The Kier molecular flexibility index (Phi) is 1.82. The maximum atomic E-state index is 9.32. The van der Waals surface area contributed by atoms with Crippen LogP contribution in [0.3, 0.4) is 0 Å². The summed E-state index contributed by atoms with van der Waals surface area (Å²) in [5.41, 5.74) is 0. The van der Waals surface area contributed by atoms with E-state index in [1.54, 1.807) is 0 Å². The van der Waals surface area contributed by atoms with Crippen molar-refractivity contribution < 1.29 is 14.7 Å². The fourth-order valence-electron chi connectivity index (χ4n) is 1.88. The monoisotopic (exact) mass is 184 g/mol. The van der Waals surface area contributed by atoms with Gasteiger partial charge in [0.15, 0.2) is 11.8 Å². The topological polar surface area (TPSA) is 65.7 Å². The molecule has 0 aromatic heterocycles. The van der Waals surface area contributed by atoms with Gasteiger partial charge in [-0.3, -0.25) is 0 Å². The highest BCUT2D eigenvalue weighted by Gasteiger charge is 2.52. The molecule has 1 N–H and O–H groups in total. The van der Waals surface area contributed by atoms with Crippen molar-refractivity contribution in [1.29, 1.82) is 5.26 Å². The number of hydroxylamine groups is 2. The predicted molar refractivity (Wildman–Crippen MR) is 41.7 cm³/mol. The van der Waals surface area contributed by atoms with Crippen molar-refractivity contribution in [2.45, 2.75) is 37.9 Å². The van der Waals surface area contributed by atoms with E-state index in [1.165, 1.54) is 0 Å². The minimum atomic E-state index is -0.633. The van der Waals surface area contributed by atoms with Crippen molar-refractivity contribution >= 4 is 0 Å². The molecule has 0 aromatic rings. The molecule has 72 valence electrons. The fourth-order valence-corrected chi connectivity index (χ4v) is 1.88. The number of ether oxygens (including phenoxy) is 2. The van der Waals surface area contributed by atoms with Gasteiger partial charge in [0.1, 0.15) is 12.2 Å². The van der Waals surface area contributed by atoms with E-state index in [2.05, 4.69) is 0 Å². The van der Waals surface area contributed by atoms with Crippen LogP contribution in [0.1, 0.15) is 13.8 Å². The maximum Gasteiger partial charge on any atom is 0.163 e. The van der Waals surface area contributed by atoms with Crippen molar-refractivity contribution in [3.63, 3.8) is 0 Å². The Morgan fingerprint density at radius 3 is 2.85 bits per heavy atom. The highest BCUT2D eigenvalue weighted by atomic mass is 16.8. The number of rotatable bonds is 0. The molecule has 0 amide bonds. The first-order valence-corrected chi connectivity index (χ1v) is 4.24. The molecule has 0 spiro atoms. The van der Waals surface area contributed by atoms with Gasteiger partial charge in [-0.1, -0.05) is 0 Å². The van der Waals surface area contributed by atoms with Crippen LogP contribution >= 0.6 is 0 Å². The number of nitriles is 1. The highest BCUT2D eigenvalue weighted by molar-refractivity contribution is 5.07. The van der Waals surface area contributed by atoms with Crippen molar-refractivity contribution in [2.24, 2.45) is 0 Å². The molecule has 2 saturated heterocycles. The summed E-state index contributed by atoms with van der Waals surface area (Å²) in [5.74, 6) is -0.633. The van der Waals surface area contributed by atoms with Crippen molar-refractivity contribution in [3.8, 4) is 6.07 Å². The molecule has 0 aromatic carbocycles. The van der Waals surface area contributed by atoms with Gasteiger partial charge in [0.25, 0.3) is 0 Å². The lowest BCUT2D eigenvalue weighted by molar-refractivity contribution is -0.190. The smallest absolute Gasteiger partial charge is 0.163 e. The van der Waals surface area contributed by atoms with Crippen LogP contribution in [-0.2, 0) is 9.47 Å². The molecule has 2 aliphatic rings. The molecule has 0 radical (unpaired) electrons. The van der Waals surface area contributed by atoms with Gasteiger partial charge in [-0.05, 0) is 13.8 Å². The summed E-state index contributed by atoms with van der Waals surface area (Å²) in [6.45, 7) is 3.95. The molecule has 2 heterocycles. The minimum absolute atomic E-state index is 0.190. The molecule has 5 nitrogen and oxygen atoms in total. The first-order chi connectivity index (χ1) is 6.03. The van der Waals surface area contributed by atoms with Gasteiger partial charge in [0.2, 0.25) is 0 Å². The van der Waals surface area contributed by atoms with Crippen molar-refractivity contribution in [2.75, 3.05) is 6.54 Å². The summed E-state index contributed by atoms with van der Waals surface area (Å²) in [4.78, 5) is 0. The van der Waals surface area contributed by atoms with Crippen molar-refractivity contribution in [1.82, 2.24) is 5.06 Å². The van der Waals surface area contributed by atoms with Gasteiger partial charge < -0.3 is 14.7 Å². The van der Waals surface area contributed by atoms with E-state index in [4.69, 9.17) is 14.7 Å². The van der Waals surface area contributed by atoms with E-state index >= 15 is 0 Å². The first-order valence-electron chi connectivity index (χ1n) is 4.24. The van der Waals surface area contributed by atoms with E-state index in [0.717, 1.165) is 5.06 Å². The number of hydrogen-bond donors (Lipinski definition) is 1. The third-order valence-electron chi connectivity index (χ3n) is 2.35. The Balaban J connectivity index is 2.16. The summed E-state index contributed by atoms with van der Waals surface area (Å²) >= 11 is 0. The second-order valence-electron chi connectivity index (χ2n) is 3.83. The van der Waals surface area contributed by atoms with Crippen LogP contribution in [0.15, 0.2) is 0 Å². The Bertz CT molecular complexity index is 261. The van der Waals surface area contributed by atoms with Gasteiger partial charge in [-0.15, -0.1) is 0 Å². The summed E-state index contributed by atoms with van der Waals surface area (Å²) in [6.07, 6.45) is -0.519. The summed E-state index contributed by atoms with van der Waals surface area (Å²) in [7, 11) is 0. The Morgan fingerprint density at radius 2 is 2.23 bits per heavy atom. The molecule has 5 heteroatoms. The van der Waals surface area contributed by atoms with E-state index < -0.39 is 11.8 Å². The SMILES string of the molecule is CC1(C)O[C@H]2[C@@H](C#N)N(O)C[C@H]2O1. The van der Waals surface area contributed by atoms with Gasteiger partial charge >= 0.3 is 0 Å². The Hall–Kier alpha value is -0.670. The lowest BCUT2D eigenvalue weighted by Crippen LogP contribution is -2.35. The molecule has 2 rings (SSSR count). The van der Waals surface area contributed by atoms with E-state index in [9.17, 15) is 5.21 Å². The minimum Gasteiger partial charge on any atom is -0.343 e. The normalized spacial score (nSPS) is 43.1. The van der Waals surface area contributed by atoms with Crippen LogP contribution in [0.2, 0.25) is 0 Å². The first kappa shape index (κ1) is 8.91. The third kappa shape index (κ3) is 1.32. The van der Waals surface area contributed by atoms with Crippen molar-refractivity contribution in [3.05, 3.63) is 0 Å². The number of nitrogens with zero attached hydrogens (tertiary/aromatic N) is 2. The molecule has 0 bridgehead atoms. The number of fused-ring (bicyclic) bond motifs is 1. The molecule has 13 heavy (non-hydrogen) atoms. The highest BCUT2D eigenvalue weighted by Crippen LogP contribution is 2.35. The zero-order chi connectivity index (χ0) is 9.64. The number of hydrogen-bond acceptors (Lipinski definition) is 5. The molecule has 0 aliphatic carbocycles. The lowest BCUT2D eigenvalue weighted by atomic mass is 10.2. The lowest BCUT2D eigenvalue weighted by Gasteiger charge is -2.21. The maximum absolute atomic E-state index is 9.32. The Morgan fingerprint density at radius 1 is 1.54 bits per heavy atom. The van der Waals surface area contributed by atoms with Crippen LogP contribution < -0.4 is 0 Å². The molecule has 2 fully saturated rings. The zero-order valence-electron chi connectivity index (χ0n) is 7.60. The quantitative estimate of drug-likeness (QED) is 0.578. The van der Waals surface area contributed by atoms with Crippen LogP contribution in [-0.4, -0.2) is 40.9 Å². The molecular formula is C8H12N2O3. The average Bonchev–Trinajstić information content (AvgIpc) is 2.39. The third-order valence-corrected chi connectivity index (χ3v) is 2.35. The van der Waals surface area contributed by atoms with Crippen LogP contribution in [0, 0.1) is 11.3 Å². The van der Waals surface area contributed by atoms with Crippen LogP contribution in [0.25, 0.3) is 0 Å². The molecular weight excluding hydrogens is 172 g/mol. The second kappa shape index (κ2) is 2.66. The van der Waals surface area contributed by atoms with Gasteiger partial charge in [-0.2, -0.15) is 10.3 Å². The van der Waals surface area contributed by atoms with E-state index in [-0.39, 0.29) is 12.2 Å². The van der Waals surface area contributed by atoms with Crippen LogP contribution in [0.4, 0.5) is 0 Å². The molecule has 2 aliphatic heterocycles. The van der Waals surface area contributed by atoms with Gasteiger partial charge in [-0.25, -0.2) is 0 Å². The van der Waals surface area contributed by atoms with Gasteiger partial charge in [0.05, 0.1) is 12.6 Å². The average molecular weight is 184 g/mol. The molecule has 0 saturated carbocycles. The largest absolute Gasteiger partial charge is 0.343 e. The van der Waals surface area contributed by atoms with Gasteiger partial charge in [0, 0.05) is 0 Å². The zero-order valence-corrected chi connectivity index (χ0v) is 7.60. The molecule has 0 unspecified atom stereocenters. The summed E-state index contributed by atoms with van der Waals surface area (Å²) < 4.78 is 11.0. The second-order valence-corrected chi connectivity index (χ2v) is 3.83.